The van der Waals surface area contributed by atoms with Crippen LogP contribution in [-0.4, -0.2) is 28.5 Å². The van der Waals surface area contributed by atoms with Crippen LogP contribution in [0.4, 0.5) is 5.69 Å². The summed E-state index contributed by atoms with van der Waals surface area (Å²) in [6.45, 7) is 0.0282. The Morgan fingerprint density at radius 3 is 2.30 bits per heavy atom. The molecule has 0 fully saturated rings. The van der Waals surface area contributed by atoms with Gasteiger partial charge in [-0.1, -0.05) is 18.2 Å². The normalized spacial score (nSPS) is 10.6. The SMILES string of the molecule is O=C(CCCO)CCc1cc(I)c(Oc2ccc(O)c(C(=O)Nc3ccccc3)c2)c(I)c1. The Bertz CT molecular complexity index is 1110. The summed E-state index contributed by atoms with van der Waals surface area (Å²) >= 11 is 4.37. The number of anilines is 1. The number of nitrogens with one attached hydrogen (secondary N) is 1. The van der Waals surface area contributed by atoms with E-state index in [0.29, 0.717) is 42.9 Å². The standard InChI is InChI=1S/C25H23I2NO5/c26-21-13-16(8-9-18(30)7-4-12-29)14-22(27)24(21)33-19-10-11-23(31)20(15-19)25(32)28-17-5-2-1-3-6-17/h1-3,5-6,10-11,13-15,29,31H,4,7-9,12H2,(H,28,32). The maximum Gasteiger partial charge on any atom is 0.259 e. The molecule has 33 heavy (non-hydrogen) atoms. The third kappa shape index (κ3) is 7.41. The molecule has 3 aromatic rings. The van der Waals surface area contributed by atoms with E-state index in [-0.39, 0.29) is 23.7 Å². The number of ketones is 1. The smallest absolute Gasteiger partial charge is 0.259 e. The molecule has 0 aliphatic heterocycles. The fourth-order valence-corrected chi connectivity index (χ4v) is 5.25. The number of aliphatic hydroxyl groups excluding tert-OH is 1. The molecule has 0 spiro atoms. The highest BCUT2D eigenvalue weighted by Crippen LogP contribution is 2.35. The largest absolute Gasteiger partial charge is 0.507 e. The fourth-order valence-electron chi connectivity index (χ4n) is 3.14. The highest BCUT2D eigenvalue weighted by atomic mass is 127. The molecule has 8 heteroatoms. The number of aryl methyl sites for hydroxylation is 1. The molecule has 0 unspecified atom stereocenters. The second-order valence-electron chi connectivity index (χ2n) is 7.36. The van der Waals surface area contributed by atoms with Gasteiger partial charge in [-0.15, -0.1) is 0 Å². The lowest BCUT2D eigenvalue weighted by Crippen LogP contribution is -2.12. The third-order valence-corrected chi connectivity index (χ3v) is 6.43. The van der Waals surface area contributed by atoms with Gasteiger partial charge >= 0.3 is 0 Å². The molecule has 3 rings (SSSR count). The molecule has 3 aromatic carbocycles. The summed E-state index contributed by atoms with van der Waals surface area (Å²) in [7, 11) is 0. The number of hydrogen-bond donors (Lipinski definition) is 3. The molecular formula is C25H23I2NO5. The lowest BCUT2D eigenvalue weighted by Gasteiger charge is -2.14. The van der Waals surface area contributed by atoms with Crippen LogP contribution < -0.4 is 10.1 Å². The Labute approximate surface area is 219 Å². The molecular weight excluding hydrogens is 648 g/mol. The van der Waals surface area contributed by atoms with Gasteiger partial charge in [0.2, 0.25) is 0 Å². The van der Waals surface area contributed by atoms with Crippen LogP contribution in [0.2, 0.25) is 0 Å². The zero-order valence-electron chi connectivity index (χ0n) is 17.7. The second-order valence-corrected chi connectivity index (χ2v) is 9.68. The fraction of sp³-hybridized carbons (Fsp3) is 0.200. The number of carbonyl (C=O) groups excluding carboxylic acids is 2. The molecule has 0 aromatic heterocycles. The minimum absolute atomic E-state index is 0.0282. The van der Waals surface area contributed by atoms with E-state index >= 15 is 0 Å². The summed E-state index contributed by atoms with van der Waals surface area (Å²) in [6, 6.07) is 17.5. The van der Waals surface area contributed by atoms with Gasteiger partial charge in [0.15, 0.2) is 5.75 Å². The van der Waals surface area contributed by atoms with Gasteiger partial charge in [0, 0.05) is 25.1 Å². The number of phenolic OH excluding ortho intramolecular Hbond substituents is 1. The minimum atomic E-state index is -0.435. The van der Waals surface area contributed by atoms with Gasteiger partial charge in [-0.25, -0.2) is 0 Å². The molecule has 0 bridgehead atoms. The van der Waals surface area contributed by atoms with Gasteiger partial charge in [0.05, 0.1) is 12.7 Å². The van der Waals surface area contributed by atoms with E-state index in [9.17, 15) is 14.7 Å². The van der Waals surface area contributed by atoms with Crippen molar-refractivity contribution in [1.29, 1.82) is 0 Å². The van der Waals surface area contributed by atoms with Crippen molar-refractivity contribution in [3.8, 4) is 17.2 Å². The Morgan fingerprint density at radius 2 is 1.64 bits per heavy atom. The maximum absolute atomic E-state index is 12.6. The minimum Gasteiger partial charge on any atom is -0.507 e. The van der Waals surface area contributed by atoms with E-state index in [4.69, 9.17) is 9.84 Å². The van der Waals surface area contributed by atoms with Crippen molar-refractivity contribution in [3.05, 3.63) is 78.9 Å². The van der Waals surface area contributed by atoms with Crippen LogP contribution in [0.15, 0.2) is 60.7 Å². The highest BCUT2D eigenvalue weighted by molar-refractivity contribution is 14.1. The molecule has 172 valence electrons. The number of amides is 1. The van der Waals surface area contributed by atoms with Gasteiger partial charge in [0.25, 0.3) is 5.91 Å². The van der Waals surface area contributed by atoms with Crippen LogP contribution >= 0.6 is 45.2 Å². The van der Waals surface area contributed by atoms with Crippen molar-refractivity contribution in [2.24, 2.45) is 0 Å². The van der Waals surface area contributed by atoms with Gasteiger partial charge in [-0.05, 0) is 106 Å². The zero-order chi connectivity index (χ0) is 23.8. The number of hydrogen-bond acceptors (Lipinski definition) is 5. The second kappa shape index (κ2) is 12.3. The number of aliphatic hydroxyl groups is 1. The highest BCUT2D eigenvalue weighted by Gasteiger charge is 2.16. The summed E-state index contributed by atoms with van der Waals surface area (Å²) < 4.78 is 7.82. The van der Waals surface area contributed by atoms with Crippen molar-refractivity contribution < 1.29 is 24.5 Å². The van der Waals surface area contributed by atoms with Crippen LogP contribution in [0.1, 0.15) is 35.2 Å². The first-order valence-electron chi connectivity index (χ1n) is 10.3. The van der Waals surface area contributed by atoms with Gasteiger partial charge < -0.3 is 20.3 Å². The Morgan fingerprint density at radius 1 is 0.939 bits per heavy atom. The molecule has 1 amide bonds. The first-order chi connectivity index (χ1) is 15.9. The van der Waals surface area contributed by atoms with Crippen molar-refractivity contribution in [1.82, 2.24) is 0 Å². The van der Waals surface area contributed by atoms with Crippen LogP contribution in [0.5, 0.6) is 17.2 Å². The molecule has 0 radical (unpaired) electrons. The number of phenols is 1. The van der Waals surface area contributed by atoms with Crippen LogP contribution in [0.25, 0.3) is 0 Å². The number of para-hydroxylation sites is 1. The van der Waals surface area contributed by atoms with E-state index in [0.717, 1.165) is 12.7 Å². The van der Waals surface area contributed by atoms with Crippen molar-refractivity contribution in [3.63, 3.8) is 0 Å². The van der Waals surface area contributed by atoms with Gasteiger partial charge in [-0.3, -0.25) is 9.59 Å². The topological polar surface area (TPSA) is 95.9 Å². The molecule has 0 heterocycles. The number of benzene rings is 3. The predicted octanol–water partition coefficient (Wildman–Crippen LogP) is 5.92. The lowest BCUT2D eigenvalue weighted by atomic mass is 10.1. The van der Waals surface area contributed by atoms with Crippen LogP contribution in [-0.2, 0) is 11.2 Å². The molecule has 0 aliphatic carbocycles. The van der Waals surface area contributed by atoms with E-state index in [1.165, 1.54) is 12.1 Å². The maximum atomic E-state index is 12.6. The lowest BCUT2D eigenvalue weighted by molar-refractivity contribution is -0.119. The monoisotopic (exact) mass is 671 g/mol. The van der Waals surface area contributed by atoms with Gasteiger partial charge in [-0.2, -0.15) is 0 Å². The van der Waals surface area contributed by atoms with E-state index in [1.807, 2.05) is 30.3 Å². The Hall–Kier alpha value is -2.18. The summed E-state index contributed by atoms with van der Waals surface area (Å²) in [6.07, 6.45) is 1.95. The summed E-state index contributed by atoms with van der Waals surface area (Å²) in [4.78, 5) is 24.5. The molecule has 3 N–H and O–H groups in total. The number of ether oxygens (including phenoxy) is 1. The van der Waals surface area contributed by atoms with Crippen molar-refractivity contribution in [2.45, 2.75) is 25.7 Å². The molecule has 6 nitrogen and oxygen atoms in total. The van der Waals surface area contributed by atoms with E-state index in [2.05, 4.69) is 50.5 Å². The average Bonchev–Trinajstić information content (AvgIpc) is 2.80. The number of halogens is 2. The number of carbonyl (C=O) groups is 2. The van der Waals surface area contributed by atoms with Crippen molar-refractivity contribution >= 4 is 62.6 Å². The molecule has 0 aliphatic rings. The average molecular weight is 671 g/mol. The van der Waals surface area contributed by atoms with Crippen LogP contribution in [0, 0.1) is 7.14 Å². The summed E-state index contributed by atoms with van der Waals surface area (Å²) in [5, 5.41) is 21.8. The van der Waals surface area contributed by atoms with Crippen molar-refractivity contribution in [2.75, 3.05) is 11.9 Å². The molecule has 0 atom stereocenters. The summed E-state index contributed by atoms with van der Waals surface area (Å²) in [5.74, 6) is 0.636. The van der Waals surface area contributed by atoms with Gasteiger partial charge in [0.1, 0.15) is 17.3 Å². The Balaban J connectivity index is 1.73. The third-order valence-electron chi connectivity index (χ3n) is 4.83. The zero-order valence-corrected chi connectivity index (χ0v) is 22.0. The van der Waals surface area contributed by atoms with E-state index in [1.54, 1.807) is 18.2 Å². The molecule has 0 saturated heterocycles. The first-order valence-corrected chi connectivity index (χ1v) is 12.5. The summed E-state index contributed by atoms with van der Waals surface area (Å²) in [5.41, 5.74) is 1.77. The number of rotatable bonds is 10. The Kier molecular flexibility index (Phi) is 9.51. The number of Topliss-reactive ketones (excluding diaryl/α,β-unsaturated/α-hetero) is 1. The molecule has 0 saturated carbocycles. The number of aromatic hydroxyl groups is 1. The quantitative estimate of drug-likeness (QED) is 0.233. The predicted molar refractivity (Wildman–Crippen MR) is 144 cm³/mol. The van der Waals surface area contributed by atoms with Crippen LogP contribution in [0.3, 0.4) is 0 Å². The van der Waals surface area contributed by atoms with E-state index < -0.39 is 5.91 Å². The first kappa shape index (κ1) is 25.4.